The molecule has 0 aromatic heterocycles. The van der Waals surface area contributed by atoms with Crippen LogP contribution in [0.2, 0.25) is 0 Å². The van der Waals surface area contributed by atoms with E-state index in [1.54, 1.807) is 0 Å². The van der Waals surface area contributed by atoms with Crippen molar-refractivity contribution in [2.75, 3.05) is 18.4 Å². The summed E-state index contributed by atoms with van der Waals surface area (Å²) in [6.45, 7) is -1.61. The molecule has 1 saturated heterocycles. The van der Waals surface area contributed by atoms with Crippen molar-refractivity contribution in [3.05, 3.63) is 24.0 Å². The van der Waals surface area contributed by atoms with Gasteiger partial charge < -0.3 is 15.4 Å². The van der Waals surface area contributed by atoms with Crippen molar-refractivity contribution in [1.82, 2.24) is 5.32 Å². The molecule has 110 valence electrons. The Balaban J connectivity index is 1.99. The van der Waals surface area contributed by atoms with E-state index in [9.17, 15) is 18.0 Å². The van der Waals surface area contributed by atoms with E-state index >= 15 is 0 Å². The summed E-state index contributed by atoms with van der Waals surface area (Å²) < 4.78 is 41.4. The van der Waals surface area contributed by atoms with Crippen LogP contribution in [0.15, 0.2) is 18.2 Å². The van der Waals surface area contributed by atoms with E-state index in [2.05, 4.69) is 15.4 Å². The van der Waals surface area contributed by atoms with Crippen LogP contribution < -0.4 is 15.4 Å². The highest BCUT2D eigenvalue weighted by Gasteiger charge is 2.21. The van der Waals surface area contributed by atoms with E-state index in [1.807, 2.05) is 0 Å². The Morgan fingerprint density at radius 1 is 1.45 bits per heavy atom. The minimum absolute atomic E-state index is 0.163. The van der Waals surface area contributed by atoms with E-state index in [0.717, 1.165) is 31.5 Å². The van der Waals surface area contributed by atoms with Gasteiger partial charge in [-0.25, -0.2) is 4.39 Å². The molecule has 0 unspecified atom stereocenters. The Morgan fingerprint density at radius 3 is 2.85 bits per heavy atom. The van der Waals surface area contributed by atoms with Gasteiger partial charge in [-0.2, -0.15) is 8.78 Å². The summed E-state index contributed by atoms with van der Waals surface area (Å²) >= 11 is 0. The fourth-order valence-corrected chi connectivity index (χ4v) is 2.09. The zero-order chi connectivity index (χ0) is 14.5. The summed E-state index contributed by atoms with van der Waals surface area (Å²) in [5.74, 6) is -1.86. The number of piperidine rings is 1. The fraction of sp³-hybridized carbons (Fsp3) is 0.462. The number of halogens is 3. The molecule has 0 saturated carbocycles. The van der Waals surface area contributed by atoms with Crippen LogP contribution >= 0.6 is 0 Å². The minimum atomic E-state index is -3.08. The van der Waals surface area contributed by atoms with E-state index < -0.39 is 18.2 Å². The number of benzene rings is 1. The highest BCUT2D eigenvalue weighted by atomic mass is 19.3. The molecule has 0 radical (unpaired) electrons. The number of anilines is 1. The summed E-state index contributed by atoms with van der Waals surface area (Å²) in [5.41, 5.74) is 0.222. The summed E-state index contributed by atoms with van der Waals surface area (Å²) in [4.78, 5) is 11.9. The molecule has 1 aliphatic rings. The Hall–Kier alpha value is -1.76. The Kier molecular flexibility index (Phi) is 4.84. The molecule has 1 amide bonds. The third kappa shape index (κ3) is 3.86. The number of ether oxygens (including phenoxy) is 1. The number of rotatable bonds is 4. The lowest BCUT2D eigenvalue weighted by Gasteiger charge is -2.22. The van der Waals surface area contributed by atoms with Crippen molar-refractivity contribution >= 4 is 11.6 Å². The van der Waals surface area contributed by atoms with Crippen molar-refractivity contribution in [2.24, 2.45) is 5.92 Å². The van der Waals surface area contributed by atoms with E-state index in [1.165, 1.54) is 6.07 Å². The molecule has 0 spiro atoms. The number of carbonyl (C=O) groups excluding carboxylic acids is 1. The molecule has 1 aliphatic heterocycles. The van der Waals surface area contributed by atoms with Gasteiger partial charge in [0.05, 0.1) is 5.92 Å². The van der Waals surface area contributed by atoms with Crippen molar-refractivity contribution in [3.8, 4) is 5.75 Å². The molecule has 0 aliphatic carbocycles. The van der Waals surface area contributed by atoms with Crippen LogP contribution in [0, 0.1) is 11.7 Å². The Morgan fingerprint density at radius 2 is 2.25 bits per heavy atom. The summed E-state index contributed by atoms with van der Waals surface area (Å²) in [6, 6.07) is 3.36. The molecule has 4 nitrogen and oxygen atoms in total. The van der Waals surface area contributed by atoms with Gasteiger partial charge in [0.1, 0.15) is 0 Å². The third-order valence-corrected chi connectivity index (χ3v) is 3.08. The van der Waals surface area contributed by atoms with Crippen molar-refractivity contribution in [3.63, 3.8) is 0 Å². The lowest BCUT2D eigenvalue weighted by molar-refractivity contribution is -0.120. The lowest BCUT2D eigenvalue weighted by Crippen LogP contribution is -2.37. The molecule has 1 aromatic carbocycles. The van der Waals surface area contributed by atoms with Gasteiger partial charge in [-0.3, -0.25) is 4.79 Å². The van der Waals surface area contributed by atoms with Crippen molar-refractivity contribution in [2.45, 2.75) is 19.5 Å². The molecule has 1 heterocycles. The normalized spacial score (nSPS) is 18.9. The van der Waals surface area contributed by atoms with E-state index in [-0.39, 0.29) is 17.5 Å². The molecule has 1 atom stereocenters. The Bertz CT molecular complexity index is 477. The molecule has 1 aromatic rings. The molecule has 2 N–H and O–H groups in total. The predicted octanol–water partition coefficient (Wildman–Crippen LogP) is 2.37. The highest BCUT2D eigenvalue weighted by Crippen LogP contribution is 2.23. The zero-order valence-electron chi connectivity index (χ0n) is 10.7. The fourth-order valence-electron chi connectivity index (χ4n) is 2.09. The molecular formula is C13H15F3N2O2. The quantitative estimate of drug-likeness (QED) is 0.894. The maximum atomic E-state index is 13.5. The smallest absolute Gasteiger partial charge is 0.387 e. The first kappa shape index (κ1) is 14.6. The van der Waals surface area contributed by atoms with Crippen LogP contribution in [0.1, 0.15) is 12.8 Å². The van der Waals surface area contributed by atoms with Crippen LogP contribution in [-0.2, 0) is 4.79 Å². The topological polar surface area (TPSA) is 50.4 Å². The molecule has 1 fully saturated rings. The van der Waals surface area contributed by atoms with Crippen molar-refractivity contribution < 1.29 is 22.7 Å². The van der Waals surface area contributed by atoms with Gasteiger partial charge in [0.2, 0.25) is 5.91 Å². The summed E-state index contributed by atoms with van der Waals surface area (Å²) in [6.07, 6.45) is 1.68. The average molecular weight is 288 g/mol. The Labute approximate surface area is 114 Å². The number of carbonyl (C=O) groups is 1. The number of amides is 1. The van der Waals surface area contributed by atoms with Crippen molar-refractivity contribution in [1.29, 1.82) is 0 Å². The number of alkyl halides is 2. The average Bonchev–Trinajstić information content (AvgIpc) is 2.42. The standard InChI is InChI=1S/C13H15F3N2O2/c14-10-6-9(3-4-11(10)20-13(15)16)18-12(19)8-2-1-5-17-7-8/h3-4,6,8,13,17H,1-2,5,7H2,(H,18,19)/t8-/m1/s1. The van der Waals surface area contributed by atoms with Gasteiger partial charge in [0.25, 0.3) is 0 Å². The van der Waals surface area contributed by atoms with E-state index in [0.29, 0.717) is 6.54 Å². The predicted molar refractivity (Wildman–Crippen MR) is 67.3 cm³/mol. The number of nitrogens with one attached hydrogen (secondary N) is 2. The van der Waals surface area contributed by atoms with Crippen LogP contribution in [0.4, 0.5) is 18.9 Å². The second-order valence-electron chi connectivity index (χ2n) is 4.56. The number of hydrogen-bond donors (Lipinski definition) is 2. The summed E-state index contributed by atoms with van der Waals surface area (Å²) in [5, 5.41) is 5.68. The molecule has 7 heteroatoms. The van der Waals surface area contributed by atoms with Crippen LogP contribution in [0.5, 0.6) is 5.75 Å². The second kappa shape index (κ2) is 6.60. The first-order valence-corrected chi connectivity index (χ1v) is 6.32. The van der Waals surface area contributed by atoms with Gasteiger partial charge >= 0.3 is 6.61 Å². The minimum Gasteiger partial charge on any atom is -0.432 e. The maximum absolute atomic E-state index is 13.5. The summed E-state index contributed by atoms with van der Waals surface area (Å²) in [7, 11) is 0. The van der Waals surface area contributed by atoms with Gasteiger partial charge in [-0.15, -0.1) is 0 Å². The zero-order valence-corrected chi connectivity index (χ0v) is 10.7. The molecular weight excluding hydrogens is 273 g/mol. The van der Waals surface area contributed by atoms with E-state index in [4.69, 9.17) is 0 Å². The van der Waals surface area contributed by atoms with Crippen LogP contribution in [-0.4, -0.2) is 25.6 Å². The van der Waals surface area contributed by atoms with Gasteiger partial charge in [0, 0.05) is 18.3 Å². The third-order valence-electron chi connectivity index (χ3n) is 3.08. The van der Waals surface area contributed by atoms with Gasteiger partial charge in [-0.05, 0) is 31.5 Å². The first-order chi connectivity index (χ1) is 9.56. The largest absolute Gasteiger partial charge is 0.432 e. The lowest BCUT2D eigenvalue weighted by atomic mass is 9.99. The molecule has 0 bridgehead atoms. The maximum Gasteiger partial charge on any atom is 0.387 e. The van der Waals surface area contributed by atoms with Gasteiger partial charge in [0.15, 0.2) is 11.6 Å². The second-order valence-corrected chi connectivity index (χ2v) is 4.56. The monoisotopic (exact) mass is 288 g/mol. The van der Waals surface area contributed by atoms with Gasteiger partial charge in [-0.1, -0.05) is 0 Å². The highest BCUT2D eigenvalue weighted by molar-refractivity contribution is 5.92. The molecule has 2 rings (SSSR count). The first-order valence-electron chi connectivity index (χ1n) is 6.32. The van der Waals surface area contributed by atoms with Crippen LogP contribution in [0.25, 0.3) is 0 Å². The molecule has 20 heavy (non-hydrogen) atoms. The SMILES string of the molecule is O=C(Nc1ccc(OC(F)F)c(F)c1)[C@@H]1CCCNC1. The van der Waals surface area contributed by atoms with Crippen LogP contribution in [0.3, 0.4) is 0 Å². The number of hydrogen-bond acceptors (Lipinski definition) is 3.